The second-order valence-electron chi connectivity index (χ2n) is 3.45. The lowest BCUT2D eigenvalue weighted by Crippen LogP contribution is -2.02. The standard InChI is InChI=1S/C12H14N4/c1-3-14-12-8-11(15-9(2)16-12)10-4-6-13-7-5-10/h4-8H,3H2,1-2H3,(H,14,15,16). The van der Waals surface area contributed by atoms with Crippen LogP contribution in [0.2, 0.25) is 0 Å². The number of aryl methyl sites for hydroxylation is 1. The SMILES string of the molecule is CCNc1cc(-c2ccncc2)nc(C)n1. The molecule has 0 saturated heterocycles. The molecule has 2 aromatic rings. The lowest BCUT2D eigenvalue weighted by atomic mass is 10.2. The summed E-state index contributed by atoms with van der Waals surface area (Å²) in [7, 11) is 0. The molecule has 2 heterocycles. The van der Waals surface area contributed by atoms with Crippen LogP contribution in [-0.2, 0) is 0 Å². The number of pyridine rings is 1. The second kappa shape index (κ2) is 4.70. The van der Waals surface area contributed by atoms with Crippen LogP contribution < -0.4 is 5.32 Å². The van der Waals surface area contributed by atoms with Gasteiger partial charge in [-0.05, 0) is 26.0 Å². The first kappa shape index (κ1) is 10.5. The van der Waals surface area contributed by atoms with E-state index < -0.39 is 0 Å². The summed E-state index contributed by atoms with van der Waals surface area (Å²) in [4.78, 5) is 12.7. The highest BCUT2D eigenvalue weighted by Gasteiger charge is 2.03. The van der Waals surface area contributed by atoms with Crippen LogP contribution in [0.4, 0.5) is 5.82 Å². The van der Waals surface area contributed by atoms with Crippen molar-refractivity contribution in [1.82, 2.24) is 15.0 Å². The third kappa shape index (κ3) is 2.34. The zero-order valence-corrected chi connectivity index (χ0v) is 9.44. The molecular weight excluding hydrogens is 200 g/mol. The molecule has 0 aliphatic rings. The summed E-state index contributed by atoms with van der Waals surface area (Å²) in [5.41, 5.74) is 1.98. The Labute approximate surface area is 94.8 Å². The van der Waals surface area contributed by atoms with Crippen molar-refractivity contribution in [3.8, 4) is 11.3 Å². The Kier molecular flexibility index (Phi) is 3.10. The van der Waals surface area contributed by atoms with E-state index in [4.69, 9.17) is 0 Å². The Morgan fingerprint density at radius 2 is 1.94 bits per heavy atom. The molecule has 0 aliphatic heterocycles. The average Bonchev–Trinajstić information content (AvgIpc) is 2.30. The second-order valence-corrected chi connectivity index (χ2v) is 3.45. The Morgan fingerprint density at radius 1 is 1.19 bits per heavy atom. The van der Waals surface area contributed by atoms with Gasteiger partial charge in [0.2, 0.25) is 0 Å². The van der Waals surface area contributed by atoms with Crippen LogP contribution in [0.15, 0.2) is 30.6 Å². The van der Waals surface area contributed by atoms with Gasteiger partial charge in [0.05, 0.1) is 5.69 Å². The van der Waals surface area contributed by atoms with Gasteiger partial charge in [-0.3, -0.25) is 4.98 Å². The first-order valence-corrected chi connectivity index (χ1v) is 5.29. The summed E-state index contributed by atoms with van der Waals surface area (Å²) in [6.45, 7) is 4.79. The van der Waals surface area contributed by atoms with Gasteiger partial charge in [0, 0.05) is 30.6 Å². The monoisotopic (exact) mass is 214 g/mol. The van der Waals surface area contributed by atoms with Gasteiger partial charge in [0.1, 0.15) is 11.6 Å². The van der Waals surface area contributed by atoms with Gasteiger partial charge in [0.25, 0.3) is 0 Å². The third-order valence-electron chi connectivity index (χ3n) is 2.17. The highest BCUT2D eigenvalue weighted by Crippen LogP contribution is 2.18. The van der Waals surface area contributed by atoms with E-state index >= 15 is 0 Å². The van der Waals surface area contributed by atoms with E-state index in [9.17, 15) is 0 Å². The molecule has 82 valence electrons. The summed E-state index contributed by atoms with van der Waals surface area (Å²) in [5.74, 6) is 1.63. The molecule has 0 fully saturated rings. The van der Waals surface area contributed by atoms with E-state index in [-0.39, 0.29) is 0 Å². The highest BCUT2D eigenvalue weighted by molar-refractivity contribution is 5.61. The molecule has 1 N–H and O–H groups in total. The fraction of sp³-hybridized carbons (Fsp3) is 0.250. The molecule has 2 aromatic heterocycles. The van der Waals surface area contributed by atoms with E-state index in [0.717, 1.165) is 29.4 Å². The van der Waals surface area contributed by atoms with Gasteiger partial charge in [0.15, 0.2) is 0 Å². The molecule has 4 heteroatoms. The predicted octanol–water partition coefficient (Wildman–Crippen LogP) is 2.28. The molecule has 0 radical (unpaired) electrons. The summed E-state index contributed by atoms with van der Waals surface area (Å²) < 4.78 is 0. The van der Waals surface area contributed by atoms with Gasteiger partial charge in [-0.15, -0.1) is 0 Å². The minimum absolute atomic E-state index is 0.769. The van der Waals surface area contributed by atoms with Crippen molar-refractivity contribution in [1.29, 1.82) is 0 Å². The van der Waals surface area contributed by atoms with E-state index in [1.165, 1.54) is 0 Å². The maximum atomic E-state index is 4.41. The molecule has 0 aromatic carbocycles. The molecule has 0 atom stereocenters. The molecule has 0 spiro atoms. The predicted molar refractivity (Wildman–Crippen MR) is 64.2 cm³/mol. The largest absolute Gasteiger partial charge is 0.370 e. The zero-order valence-electron chi connectivity index (χ0n) is 9.44. The summed E-state index contributed by atoms with van der Waals surface area (Å²) >= 11 is 0. The van der Waals surface area contributed by atoms with Crippen LogP contribution >= 0.6 is 0 Å². The van der Waals surface area contributed by atoms with Gasteiger partial charge in [-0.1, -0.05) is 0 Å². The molecule has 0 bridgehead atoms. The van der Waals surface area contributed by atoms with Crippen LogP contribution in [0.1, 0.15) is 12.7 Å². The van der Waals surface area contributed by atoms with Gasteiger partial charge < -0.3 is 5.32 Å². The van der Waals surface area contributed by atoms with Crippen LogP contribution in [-0.4, -0.2) is 21.5 Å². The van der Waals surface area contributed by atoms with Crippen molar-refractivity contribution in [2.24, 2.45) is 0 Å². The maximum absolute atomic E-state index is 4.41. The van der Waals surface area contributed by atoms with Crippen molar-refractivity contribution in [3.05, 3.63) is 36.4 Å². The van der Waals surface area contributed by atoms with Crippen molar-refractivity contribution < 1.29 is 0 Å². The van der Waals surface area contributed by atoms with Crippen molar-refractivity contribution >= 4 is 5.82 Å². The average molecular weight is 214 g/mol. The van der Waals surface area contributed by atoms with Crippen LogP contribution in [0.5, 0.6) is 0 Å². The summed E-state index contributed by atoms with van der Waals surface area (Å²) in [5, 5.41) is 3.19. The molecule has 0 aliphatic carbocycles. The smallest absolute Gasteiger partial charge is 0.130 e. The van der Waals surface area contributed by atoms with Crippen LogP contribution in [0, 0.1) is 6.92 Å². The van der Waals surface area contributed by atoms with Gasteiger partial charge >= 0.3 is 0 Å². The number of rotatable bonds is 3. The minimum atomic E-state index is 0.769. The molecule has 0 unspecified atom stereocenters. The van der Waals surface area contributed by atoms with Crippen LogP contribution in [0.25, 0.3) is 11.3 Å². The number of anilines is 1. The van der Waals surface area contributed by atoms with Crippen molar-refractivity contribution in [2.45, 2.75) is 13.8 Å². The zero-order chi connectivity index (χ0) is 11.4. The topological polar surface area (TPSA) is 50.7 Å². The number of hydrogen-bond donors (Lipinski definition) is 1. The van der Waals surface area contributed by atoms with E-state index in [1.807, 2.05) is 32.0 Å². The summed E-state index contributed by atoms with van der Waals surface area (Å²) in [6.07, 6.45) is 3.53. The lowest BCUT2D eigenvalue weighted by molar-refractivity contribution is 1.04. The first-order chi connectivity index (χ1) is 7.79. The van der Waals surface area contributed by atoms with E-state index in [2.05, 4.69) is 20.3 Å². The number of aromatic nitrogens is 3. The third-order valence-corrected chi connectivity index (χ3v) is 2.17. The molecule has 0 saturated carbocycles. The normalized spacial score (nSPS) is 10.1. The molecule has 16 heavy (non-hydrogen) atoms. The Balaban J connectivity index is 2.41. The Bertz CT molecular complexity index is 468. The number of nitrogens with one attached hydrogen (secondary N) is 1. The fourth-order valence-electron chi connectivity index (χ4n) is 1.51. The fourth-order valence-corrected chi connectivity index (χ4v) is 1.51. The van der Waals surface area contributed by atoms with Gasteiger partial charge in [-0.25, -0.2) is 9.97 Å². The highest BCUT2D eigenvalue weighted by atomic mass is 15.0. The van der Waals surface area contributed by atoms with Crippen molar-refractivity contribution in [2.75, 3.05) is 11.9 Å². The number of hydrogen-bond acceptors (Lipinski definition) is 4. The van der Waals surface area contributed by atoms with Gasteiger partial charge in [-0.2, -0.15) is 0 Å². The summed E-state index contributed by atoms with van der Waals surface area (Å²) in [6, 6.07) is 5.83. The molecular formula is C12H14N4. The number of nitrogens with zero attached hydrogens (tertiary/aromatic N) is 3. The maximum Gasteiger partial charge on any atom is 0.130 e. The first-order valence-electron chi connectivity index (χ1n) is 5.29. The van der Waals surface area contributed by atoms with E-state index in [1.54, 1.807) is 12.4 Å². The molecule has 0 amide bonds. The quantitative estimate of drug-likeness (QED) is 0.851. The Morgan fingerprint density at radius 3 is 2.62 bits per heavy atom. The molecule has 4 nitrogen and oxygen atoms in total. The van der Waals surface area contributed by atoms with Crippen molar-refractivity contribution in [3.63, 3.8) is 0 Å². The van der Waals surface area contributed by atoms with E-state index in [0.29, 0.717) is 0 Å². The Hall–Kier alpha value is -1.97. The lowest BCUT2D eigenvalue weighted by Gasteiger charge is -2.06. The molecule has 2 rings (SSSR count). The van der Waals surface area contributed by atoms with Crippen LogP contribution in [0.3, 0.4) is 0 Å². The minimum Gasteiger partial charge on any atom is -0.370 e.